The Balaban J connectivity index is 1.95. The number of halogens is 2. The average molecular weight is 344 g/mol. The minimum absolute atomic E-state index is 0.169. The lowest BCUT2D eigenvalue weighted by molar-refractivity contribution is 0.356. The van der Waals surface area contributed by atoms with Crippen LogP contribution < -0.4 is 9.46 Å². The molecule has 0 bridgehead atoms. The first-order valence-electron chi connectivity index (χ1n) is 6.19. The Kier molecular flexibility index (Phi) is 3.73. The van der Waals surface area contributed by atoms with Crippen molar-refractivity contribution in [1.29, 1.82) is 0 Å². The van der Waals surface area contributed by atoms with Crippen LogP contribution in [0.4, 0.5) is 5.69 Å². The highest BCUT2D eigenvalue weighted by Gasteiger charge is 2.20. The zero-order valence-corrected chi connectivity index (χ0v) is 13.1. The fourth-order valence-corrected chi connectivity index (χ4v) is 3.62. The van der Waals surface area contributed by atoms with E-state index in [2.05, 4.69) is 4.72 Å². The normalized spacial score (nSPS) is 13.6. The van der Waals surface area contributed by atoms with Gasteiger partial charge in [0, 0.05) is 11.4 Å². The third-order valence-electron chi connectivity index (χ3n) is 3.14. The van der Waals surface area contributed by atoms with Gasteiger partial charge < -0.3 is 4.74 Å². The van der Waals surface area contributed by atoms with Crippen LogP contribution in [-0.4, -0.2) is 15.0 Å². The molecule has 7 heteroatoms. The molecule has 0 aliphatic carbocycles. The summed E-state index contributed by atoms with van der Waals surface area (Å²) in [6, 6.07) is 9.38. The first-order chi connectivity index (χ1) is 9.95. The Morgan fingerprint density at radius 1 is 1.10 bits per heavy atom. The molecule has 1 heterocycles. The van der Waals surface area contributed by atoms with E-state index in [1.54, 1.807) is 18.2 Å². The maximum absolute atomic E-state index is 12.4. The second-order valence-corrected chi connectivity index (χ2v) is 7.12. The largest absolute Gasteiger partial charge is 0.493 e. The Morgan fingerprint density at radius 2 is 1.90 bits per heavy atom. The predicted molar refractivity (Wildman–Crippen MR) is 82.9 cm³/mol. The second kappa shape index (κ2) is 5.40. The molecule has 0 saturated carbocycles. The topological polar surface area (TPSA) is 55.4 Å². The van der Waals surface area contributed by atoms with Gasteiger partial charge in [-0.3, -0.25) is 4.72 Å². The molecule has 0 spiro atoms. The van der Waals surface area contributed by atoms with Gasteiger partial charge in [-0.2, -0.15) is 0 Å². The van der Waals surface area contributed by atoms with Gasteiger partial charge in [0.25, 0.3) is 10.0 Å². The summed E-state index contributed by atoms with van der Waals surface area (Å²) in [5.74, 6) is 0.731. The Hall–Kier alpha value is -1.43. The van der Waals surface area contributed by atoms with E-state index in [1.807, 2.05) is 0 Å². The van der Waals surface area contributed by atoms with E-state index in [-0.39, 0.29) is 15.6 Å². The van der Waals surface area contributed by atoms with E-state index in [0.717, 1.165) is 11.3 Å². The summed E-state index contributed by atoms with van der Waals surface area (Å²) in [7, 11) is -3.72. The standard InChI is InChI=1S/C14H11Cl2NO3S/c15-10-1-3-12(16)13(8-10)17-21(18,19)11-2-4-14-9(7-11)5-6-20-14/h1-4,7-8,17H,5-6H2. The third kappa shape index (κ3) is 2.95. The summed E-state index contributed by atoms with van der Waals surface area (Å²) in [6.07, 6.45) is 0.705. The Morgan fingerprint density at radius 3 is 2.71 bits per heavy atom. The maximum atomic E-state index is 12.4. The molecule has 0 aromatic heterocycles. The van der Waals surface area contributed by atoms with Gasteiger partial charge in [-0.25, -0.2) is 8.42 Å². The first kappa shape index (κ1) is 14.5. The number of sulfonamides is 1. The number of hydrogen-bond donors (Lipinski definition) is 1. The lowest BCUT2D eigenvalue weighted by atomic mass is 10.2. The fourth-order valence-electron chi connectivity index (χ4n) is 2.11. The van der Waals surface area contributed by atoms with Crippen LogP contribution in [0.25, 0.3) is 0 Å². The minimum Gasteiger partial charge on any atom is -0.493 e. The van der Waals surface area contributed by atoms with Crippen LogP contribution >= 0.6 is 23.2 Å². The molecule has 1 aliphatic heterocycles. The highest BCUT2D eigenvalue weighted by Crippen LogP contribution is 2.30. The number of nitrogens with one attached hydrogen (secondary N) is 1. The van der Waals surface area contributed by atoms with E-state index < -0.39 is 10.0 Å². The van der Waals surface area contributed by atoms with Gasteiger partial charge in [0.15, 0.2) is 0 Å². The van der Waals surface area contributed by atoms with Gasteiger partial charge >= 0.3 is 0 Å². The van der Waals surface area contributed by atoms with Crippen molar-refractivity contribution in [3.05, 3.63) is 52.0 Å². The molecule has 2 aromatic rings. The second-order valence-electron chi connectivity index (χ2n) is 4.60. The molecule has 0 saturated heterocycles. The molecule has 4 nitrogen and oxygen atoms in total. The molecule has 3 rings (SSSR count). The number of rotatable bonds is 3. The average Bonchev–Trinajstić information content (AvgIpc) is 2.90. The van der Waals surface area contributed by atoms with Crippen molar-refractivity contribution in [3.8, 4) is 5.75 Å². The van der Waals surface area contributed by atoms with Crippen LogP contribution in [0.15, 0.2) is 41.3 Å². The van der Waals surface area contributed by atoms with E-state index in [1.165, 1.54) is 18.2 Å². The Bertz CT molecular complexity index is 806. The van der Waals surface area contributed by atoms with Crippen molar-refractivity contribution in [2.45, 2.75) is 11.3 Å². The molecule has 1 aliphatic rings. The Labute approximate surface area is 132 Å². The number of anilines is 1. The number of fused-ring (bicyclic) bond motifs is 1. The highest BCUT2D eigenvalue weighted by atomic mass is 35.5. The summed E-state index contributed by atoms with van der Waals surface area (Å²) < 4.78 is 32.6. The van der Waals surface area contributed by atoms with Crippen molar-refractivity contribution >= 4 is 38.9 Å². The van der Waals surface area contributed by atoms with Crippen molar-refractivity contribution in [2.24, 2.45) is 0 Å². The van der Waals surface area contributed by atoms with Crippen molar-refractivity contribution < 1.29 is 13.2 Å². The molecule has 2 aromatic carbocycles. The van der Waals surface area contributed by atoms with Crippen LogP contribution in [-0.2, 0) is 16.4 Å². The molecular formula is C14H11Cl2NO3S. The molecule has 0 amide bonds. The predicted octanol–water partition coefficient (Wildman–Crippen LogP) is 3.73. The number of ether oxygens (including phenoxy) is 1. The van der Waals surface area contributed by atoms with Gasteiger partial charge in [0.1, 0.15) is 5.75 Å². The van der Waals surface area contributed by atoms with E-state index in [4.69, 9.17) is 27.9 Å². The quantitative estimate of drug-likeness (QED) is 0.923. The van der Waals surface area contributed by atoms with Gasteiger partial charge in [-0.15, -0.1) is 0 Å². The van der Waals surface area contributed by atoms with Crippen molar-refractivity contribution in [3.63, 3.8) is 0 Å². The lowest BCUT2D eigenvalue weighted by Gasteiger charge is -2.10. The SMILES string of the molecule is O=S(=O)(Nc1cc(Cl)ccc1Cl)c1ccc2c(c1)CCO2. The van der Waals surface area contributed by atoms with Crippen LogP contribution in [0.3, 0.4) is 0 Å². The van der Waals surface area contributed by atoms with Crippen LogP contribution in [0, 0.1) is 0 Å². The zero-order chi connectivity index (χ0) is 15.0. The van der Waals surface area contributed by atoms with E-state index >= 15 is 0 Å². The number of hydrogen-bond acceptors (Lipinski definition) is 3. The van der Waals surface area contributed by atoms with Crippen molar-refractivity contribution in [1.82, 2.24) is 0 Å². The molecule has 0 unspecified atom stereocenters. The van der Waals surface area contributed by atoms with Gasteiger partial charge in [-0.05, 0) is 42.0 Å². The van der Waals surface area contributed by atoms with Crippen molar-refractivity contribution in [2.75, 3.05) is 11.3 Å². The third-order valence-corrected chi connectivity index (χ3v) is 5.07. The summed E-state index contributed by atoms with van der Waals surface area (Å²) in [6.45, 7) is 0.576. The number of benzene rings is 2. The van der Waals surface area contributed by atoms with Crippen LogP contribution in [0.5, 0.6) is 5.75 Å². The summed E-state index contributed by atoms with van der Waals surface area (Å²) in [4.78, 5) is 0.169. The molecule has 110 valence electrons. The van der Waals surface area contributed by atoms with Crippen LogP contribution in [0.2, 0.25) is 10.0 Å². The molecule has 21 heavy (non-hydrogen) atoms. The van der Waals surface area contributed by atoms with Gasteiger partial charge in [0.2, 0.25) is 0 Å². The molecule has 0 fully saturated rings. The first-order valence-corrected chi connectivity index (χ1v) is 8.43. The summed E-state index contributed by atoms with van der Waals surface area (Å²) >= 11 is 11.8. The van der Waals surface area contributed by atoms with E-state index in [9.17, 15) is 8.42 Å². The highest BCUT2D eigenvalue weighted by molar-refractivity contribution is 7.92. The molecule has 1 N–H and O–H groups in total. The maximum Gasteiger partial charge on any atom is 0.261 e. The zero-order valence-electron chi connectivity index (χ0n) is 10.8. The van der Waals surface area contributed by atoms with E-state index in [0.29, 0.717) is 18.1 Å². The van der Waals surface area contributed by atoms with Crippen LogP contribution in [0.1, 0.15) is 5.56 Å². The monoisotopic (exact) mass is 343 g/mol. The fraction of sp³-hybridized carbons (Fsp3) is 0.143. The summed E-state index contributed by atoms with van der Waals surface area (Å²) in [5, 5.41) is 0.687. The molecule has 0 radical (unpaired) electrons. The minimum atomic E-state index is -3.72. The van der Waals surface area contributed by atoms with Gasteiger partial charge in [0.05, 0.1) is 22.2 Å². The molecular weight excluding hydrogens is 333 g/mol. The summed E-state index contributed by atoms with van der Waals surface area (Å²) in [5.41, 5.74) is 1.14. The smallest absolute Gasteiger partial charge is 0.261 e. The van der Waals surface area contributed by atoms with Gasteiger partial charge in [-0.1, -0.05) is 23.2 Å². The molecule has 0 atom stereocenters. The lowest BCUT2D eigenvalue weighted by Crippen LogP contribution is -2.13.